The quantitative estimate of drug-likeness (QED) is 0.464. The molecule has 1 heterocycles. The van der Waals surface area contributed by atoms with Crippen molar-refractivity contribution in [2.75, 3.05) is 18.5 Å². The van der Waals surface area contributed by atoms with Gasteiger partial charge in [-0.3, -0.25) is 9.59 Å². The van der Waals surface area contributed by atoms with Crippen LogP contribution < -0.4 is 20.1 Å². The Hall–Kier alpha value is -2.55. The first kappa shape index (κ1) is 22.1. The zero-order chi connectivity index (χ0) is 21.7. The summed E-state index contributed by atoms with van der Waals surface area (Å²) in [6.07, 6.45) is 1.72. The molecule has 2 amide bonds. The maximum absolute atomic E-state index is 12.2. The molecule has 2 N–H and O–H groups in total. The van der Waals surface area contributed by atoms with Crippen molar-refractivity contribution >= 4 is 63.5 Å². The monoisotopic (exact) mass is 462 g/mol. The van der Waals surface area contributed by atoms with Crippen LogP contribution in [0, 0.1) is 6.92 Å². The second kappa shape index (κ2) is 9.97. The first-order valence-corrected chi connectivity index (χ1v) is 10.7. The summed E-state index contributed by atoms with van der Waals surface area (Å²) in [5.74, 6) is 0.353. The fourth-order valence-electron chi connectivity index (χ4n) is 2.59. The SMILES string of the molecule is CCOc1cc(/C=C2\SC(=S)NC2=O)ccc1OCC(=O)Nc1ccc(C)c(Cl)c1. The lowest BCUT2D eigenvalue weighted by molar-refractivity contribution is -0.118. The van der Waals surface area contributed by atoms with Crippen LogP contribution in [0.25, 0.3) is 6.08 Å². The van der Waals surface area contributed by atoms with Gasteiger partial charge in [0, 0.05) is 10.7 Å². The smallest absolute Gasteiger partial charge is 0.263 e. The van der Waals surface area contributed by atoms with Crippen molar-refractivity contribution in [3.8, 4) is 11.5 Å². The lowest BCUT2D eigenvalue weighted by Gasteiger charge is -2.13. The highest BCUT2D eigenvalue weighted by Crippen LogP contribution is 2.32. The Kier molecular flexibility index (Phi) is 7.36. The van der Waals surface area contributed by atoms with Crippen LogP contribution in [-0.4, -0.2) is 29.3 Å². The summed E-state index contributed by atoms with van der Waals surface area (Å²) >= 11 is 12.3. The van der Waals surface area contributed by atoms with Gasteiger partial charge in [-0.2, -0.15) is 0 Å². The number of aryl methyl sites for hydroxylation is 1. The highest BCUT2D eigenvalue weighted by Gasteiger charge is 2.22. The van der Waals surface area contributed by atoms with Gasteiger partial charge in [0.05, 0.1) is 11.5 Å². The minimum Gasteiger partial charge on any atom is -0.490 e. The molecule has 0 atom stereocenters. The van der Waals surface area contributed by atoms with E-state index in [1.807, 2.05) is 19.9 Å². The fraction of sp³-hybridized carbons (Fsp3) is 0.190. The van der Waals surface area contributed by atoms with Crippen LogP contribution >= 0.6 is 35.6 Å². The van der Waals surface area contributed by atoms with Crippen LogP contribution in [-0.2, 0) is 9.59 Å². The number of ether oxygens (including phenoxy) is 2. The molecule has 0 radical (unpaired) electrons. The van der Waals surface area contributed by atoms with Crippen molar-refractivity contribution in [2.45, 2.75) is 13.8 Å². The second-order valence-electron chi connectivity index (χ2n) is 6.29. The molecular formula is C21H19ClN2O4S2. The number of anilines is 1. The number of hydrogen-bond acceptors (Lipinski definition) is 6. The molecule has 0 unspecified atom stereocenters. The standard InChI is InChI=1S/C21H19ClN2O4S2/c1-3-27-17-8-13(9-18-20(26)24-21(29)30-18)5-7-16(17)28-11-19(25)23-14-6-4-12(2)15(22)10-14/h4-10H,3,11H2,1-2H3,(H,23,25)(H,24,26,29)/b18-9-. The largest absolute Gasteiger partial charge is 0.490 e. The summed E-state index contributed by atoms with van der Waals surface area (Å²) < 4.78 is 11.7. The summed E-state index contributed by atoms with van der Waals surface area (Å²) in [6, 6.07) is 10.5. The molecule has 1 fully saturated rings. The molecule has 9 heteroatoms. The summed E-state index contributed by atoms with van der Waals surface area (Å²) in [6.45, 7) is 3.96. The van der Waals surface area contributed by atoms with E-state index >= 15 is 0 Å². The number of amides is 2. The first-order valence-electron chi connectivity index (χ1n) is 9.06. The Labute approximate surface area is 189 Å². The Morgan fingerprint density at radius 1 is 1.23 bits per heavy atom. The predicted octanol–water partition coefficient (Wildman–Crippen LogP) is 4.55. The third-order valence-corrected chi connectivity index (χ3v) is 5.59. The molecule has 0 aliphatic carbocycles. The highest BCUT2D eigenvalue weighted by molar-refractivity contribution is 8.26. The van der Waals surface area contributed by atoms with Crippen LogP contribution in [0.2, 0.25) is 5.02 Å². The van der Waals surface area contributed by atoms with Crippen LogP contribution in [0.5, 0.6) is 11.5 Å². The molecule has 6 nitrogen and oxygen atoms in total. The molecule has 0 spiro atoms. The number of rotatable bonds is 7. The minimum atomic E-state index is -0.323. The van der Waals surface area contributed by atoms with E-state index in [-0.39, 0.29) is 18.4 Å². The van der Waals surface area contributed by atoms with Crippen LogP contribution in [0.15, 0.2) is 41.3 Å². The van der Waals surface area contributed by atoms with Gasteiger partial charge < -0.3 is 20.1 Å². The van der Waals surface area contributed by atoms with Gasteiger partial charge in [-0.25, -0.2) is 0 Å². The maximum atomic E-state index is 12.2. The van der Waals surface area contributed by atoms with Crippen LogP contribution in [0.3, 0.4) is 0 Å². The lowest BCUT2D eigenvalue weighted by Crippen LogP contribution is -2.20. The Morgan fingerprint density at radius 2 is 2.03 bits per heavy atom. The number of nitrogens with one attached hydrogen (secondary N) is 2. The van der Waals surface area contributed by atoms with Crippen molar-refractivity contribution in [3.63, 3.8) is 0 Å². The average Bonchev–Trinajstić information content (AvgIpc) is 3.01. The van der Waals surface area contributed by atoms with Gasteiger partial charge in [0.25, 0.3) is 11.8 Å². The normalized spacial score (nSPS) is 14.6. The van der Waals surface area contributed by atoms with E-state index in [0.717, 1.165) is 11.1 Å². The van der Waals surface area contributed by atoms with Crippen molar-refractivity contribution in [1.29, 1.82) is 0 Å². The minimum absolute atomic E-state index is 0.196. The zero-order valence-electron chi connectivity index (χ0n) is 16.3. The van der Waals surface area contributed by atoms with E-state index < -0.39 is 0 Å². The predicted molar refractivity (Wildman–Crippen MR) is 124 cm³/mol. The summed E-state index contributed by atoms with van der Waals surface area (Å²) in [5, 5.41) is 5.89. The lowest BCUT2D eigenvalue weighted by atomic mass is 10.2. The van der Waals surface area contributed by atoms with Crippen molar-refractivity contribution in [2.24, 2.45) is 0 Å². The third kappa shape index (κ3) is 5.75. The Balaban J connectivity index is 1.68. The number of benzene rings is 2. The van der Waals surface area contributed by atoms with E-state index in [4.69, 9.17) is 33.3 Å². The van der Waals surface area contributed by atoms with Crippen LogP contribution in [0.1, 0.15) is 18.1 Å². The van der Waals surface area contributed by atoms with Gasteiger partial charge in [0.15, 0.2) is 18.1 Å². The van der Waals surface area contributed by atoms with Crippen molar-refractivity contribution in [3.05, 3.63) is 57.5 Å². The topological polar surface area (TPSA) is 76.7 Å². The van der Waals surface area contributed by atoms with Gasteiger partial charge in [0.2, 0.25) is 0 Å². The molecular weight excluding hydrogens is 444 g/mol. The number of thioether (sulfide) groups is 1. The van der Waals surface area contributed by atoms with E-state index in [1.165, 1.54) is 11.8 Å². The number of thiocarbonyl (C=S) groups is 1. The Morgan fingerprint density at radius 3 is 2.70 bits per heavy atom. The number of hydrogen-bond donors (Lipinski definition) is 2. The number of halogens is 1. The van der Waals surface area contributed by atoms with Gasteiger partial charge in [-0.15, -0.1) is 0 Å². The zero-order valence-corrected chi connectivity index (χ0v) is 18.7. The Bertz CT molecular complexity index is 1040. The van der Waals surface area contributed by atoms with Crippen molar-refractivity contribution in [1.82, 2.24) is 5.32 Å². The van der Waals surface area contributed by atoms with Gasteiger partial charge in [0.1, 0.15) is 4.32 Å². The summed E-state index contributed by atoms with van der Waals surface area (Å²) in [5.41, 5.74) is 2.28. The number of carbonyl (C=O) groups excluding carboxylic acids is 2. The highest BCUT2D eigenvalue weighted by atomic mass is 35.5. The molecule has 156 valence electrons. The number of carbonyl (C=O) groups is 2. The molecule has 0 aromatic heterocycles. The van der Waals surface area contributed by atoms with Crippen LogP contribution in [0.4, 0.5) is 5.69 Å². The molecule has 30 heavy (non-hydrogen) atoms. The van der Waals surface area contributed by atoms with E-state index in [2.05, 4.69) is 10.6 Å². The molecule has 1 aliphatic rings. The molecule has 1 aliphatic heterocycles. The maximum Gasteiger partial charge on any atom is 0.263 e. The van der Waals surface area contributed by atoms with Gasteiger partial charge >= 0.3 is 0 Å². The molecule has 1 saturated heterocycles. The summed E-state index contributed by atoms with van der Waals surface area (Å²) in [7, 11) is 0. The average molecular weight is 463 g/mol. The molecule has 2 aromatic carbocycles. The third-order valence-electron chi connectivity index (χ3n) is 4.02. The molecule has 3 rings (SSSR count). The first-order chi connectivity index (χ1) is 14.4. The molecule has 0 bridgehead atoms. The van der Waals surface area contributed by atoms with Gasteiger partial charge in [-0.05, 0) is 55.3 Å². The van der Waals surface area contributed by atoms with E-state index in [0.29, 0.717) is 38.0 Å². The van der Waals surface area contributed by atoms with Gasteiger partial charge in [-0.1, -0.05) is 47.7 Å². The summed E-state index contributed by atoms with van der Waals surface area (Å²) in [4.78, 5) is 24.6. The fourth-order valence-corrected chi connectivity index (χ4v) is 3.81. The van der Waals surface area contributed by atoms with Crippen molar-refractivity contribution < 1.29 is 19.1 Å². The van der Waals surface area contributed by atoms with E-state index in [9.17, 15) is 9.59 Å². The molecule has 2 aromatic rings. The molecule has 0 saturated carbocycles. The second-order valence-corrected chi connectivity index (χ2v) is 8.42. The van der Waals surface area contributed by atoms with E-state index in [1.54, 1.807) is 36.4 Å².